The van der Waals surface area contributed by atoms with Crippen molar-refractivity contribution in [2.75, 3.05) is 13.2 Å². The Morgan fingerprint density at radius 3 is 2.80 bits per heavy atom. The zero-order chi connectivity index (χ0) is 14.8. The highest BCUT2D eigenvalue weighted by atomic mass is 16.5. The van der Waals surface area contributed by atoms with Gasteiger partial charge < -0.3 is 15.8 Å². The van der Waals surface area contributed by atoms with Crippen molar-refractivity contribution in [1.29, 1.82) is 0 Å². The molecule has 1 heterocycles. The summed E-state index contributed by atoms with van der Waals surface area (Å²) in [4.78, 5) is 12.6. The number of hydrogen-bond acceptors (Lipinski definition) is 3. The second-order valence-corrected chi connectivity index (χ2v) is 6.39. The summed E-state index contributed by atoms with van der Waals surface area (Å²) in [6, 6.07) is 7.73. The summed E-state index contributed by atoms with van der Waals surface area (Å²) >= 11 is 0. The largest absolute Gasteiger partial charge is 0.493 e. The first kappa shape index (κ1) is 14.9. The Morgan fingerprint density at radius 1 is 1.45 bits per heavy atom. The van der Waals surface area contributed by atoms with Crippen molar-refractivity contribution in [3.8, 4) is 5.75 Å². The monoisotopic (exact) mass is 276 g/mol. The van der Waals surface area contributed by atoms with Crippen LogP contribution in [0.25, 0.3) is 0 Å². The molecule has 0 radical (unpaired) electrons. The average Bonchev–Trinajstić information content (AvgIpc) is 2.42. The molecule has 0 fully saturated rings. The molecule has 2 atom stereocenters. The van der Waals surface area contributed by atoms with Crippen molar-refractivity contribution in [3.63, 3.8) is 0 Å². The Hall–Kier alpha value is -1.55. The quantitative estimate of drug-likeness (QED) is 0.888. The maximum absolute atomic E-state index is 12.6. The van der Waals surface area contributed by atoms with Gasteiger partial charge in [-0.1, -0.05) is 39.0 Å². The average molecular weight is 276 g/mol. The lowest BCUT2D eigenvalue weighted by molar-refractivity contribution is -0.124. The summed E-state index contributed by atoms with van der Waals surface area (Å²) in [5.74, 6) is 0.724. The van der Waals surface area contributed by atoms with Gasteiger partial charge in [0.25, 0.3) is 0 Å². The lowest BCUT2D eigenvalue weighted by Crippen LogP contribution is -2.50. The van der Waals surface area contributed by atoms with Crippen LogP contribution in [0.5, 0.6) is 5.75 Å². The van der Waals surface area contributed by atoms with Gasteiger partial charge >= 0.3 is 0 Å². The van der Waals surface area contributed by atoms with Crippen LogP contribution in [0.2, 0.25) is 0 Å². The lowest BCUT2D eigenvalue weighted by atomic mass is 9.85. The molecular weight excluding hydrogens is 252 g/mol. The topological polar surface area (TPSA) is 64.3 Å². The van der Waals surface area contributed by atoms with E-state index < -0.39 is 0 Å². The van der Waals surface area contributed by atoms with Crippen LogP contribution < -0.4 is 15.8 Å². The van der Waals surface area contributed by atoms with E-state index in [0.717, 1.165) is 11.3 Å². The number of nitrogens with two attached hydrogens (primary N) is 1. The summed E-state index contributed by atoms with van der Waals surface area (Å²) in [6.45, 7) is 7.28. The number of carbonyl (C=O) groups excluding carboxylic acids is 1. The molecule has 0 saturated carbocycles. The normalized spacial score (nSPS) is 19.7. The zero-order valence-corrected chi connectivity index (χ0v) is 12.5. The van der Waals surface area contributed by atoms with Crippen LogP contribution in [0.3, 0.4) is 0 Å². The molecule has 1 aliphatic rings. The molecule has 2 unspecified atom stereocenters. The Labute approximate surface area is 120 Å². The molecule has 1 amide bonds. The summed E-state index contributed by atoms with van der Waals surface area (Å²) in [7, 11) is 0. The second-order valence-electron chi connectivity index (χ2n) is 6.39. The predicted molar refractivity (Wildman–Crippen MR) is 79.7 cm³/mol. The minimum absolute atomic E-state index is 0.0231. The highest BCUT2D eigenvalue weighted by Crippen LogP contribution is 2.33. The fourth-order valence-electron chi connectivity index (χ4n) is 2.52. The molecule has 2 rings (SSSR count). The SMILES string of the molecule is CC(C)(C)C(CN)NC(=O)C1CCOc2ccccc21. The molecule has 0 bridgehead atoms. The van der Waals surface area contributed by atoms with Gasteiger partial charge in [-0.3, -0.25) is 4.79 Å². The van der Waals surface area contributed by atoms with Gasteiger partial charge in [-0.15, -0.1) is 0 Å². The van der Waals surface area contributed by atoms with E-state index in [1.54, 1.807) is 0 Å². The third-order valence-electron chi connectivity index (χ3n) is 3.87. The smallest absolute Gasteiger partial charge is 0.228 e. The summed E-state index contributed by atoms with van der Waals surface area (Å²) in [5, 5.41) is 3.10. The lowest BCUT2D eigenvalue weighted by Gasteiger charge is -2.33. The van der Waals surface area contributed by atoms with E-state index in [1.807, 2.05) is 24.3 Å². The molecular formula is C16H24N2O2. The minimum atomic E-state index is -0.142. The number of hydrogen-bond donors (Lipinski definition) is 2. The van der Waals surface area contributed by atoms with E-state index in [4.69, 9.17) is 10.5 Å². The predicted octanol–water partition coefficient (Wildman–Crippen LogP) is 2.04. The van der Waals surface area contributed by atoms with E-state index in [2.05, 4.69) is 26.1 Å². The van der Waals surface area contributed by atoms with Crippen molar-refractivity contribution in [2.24, 2.45) is 11.1 Å². The standard InChI is InChI=1S/C16H24N2O2/c1-16(2,3)14(10-17)18-15(19)12-8-9-20-13-7-5-4-6-11(12)13/h4-7,12,14H,8-10,17H2,1-3H3,(H,18,19). The van der Waals surface area contributed by atoms with Gasteiger partial charge in [-0.2, -0.15) is 0 Å². The molecule has 0 aromatic heterocycles. The minimum Gasteiger partial charge on any atom is -0.493 e. The van der Waals surface area contributed by atoms with Crippen LogP contribution in [0.1, 0.15) is 38.7 Å². The molecule has 0 aliphatic carbocycles. The zero-order valence-electron chi connectivity index (χ0n) is 12.5. The Morgan fingerprint density at radius 2 is 2.15 bits per heavy atom. The maximum Gasteiger partial charge on any atom is 0.228 e. The number of fused-ring (bicyclic) bond motifs is 1. The van der Waals surface area contributed by atoms with Gasteiger partial charge in [-0.05, 0) is 17.9 Å². The van der Waals surface area contributed by atoms with E-state index in [1.165, 1.54) is 0 Å². The number of amides is 1. The van der Waals surface area contributed by atoms with E-state index in [9.17, 15) is 4.79 Å². The molecule has 110 valence electrons. The first-order valence-electron chi connectivity index (χ1n) is 7.15. The Bertz CT molecular complexity index is 480. The number of nitrogens with one attached hydrogen (secondary N) is 1. The third-order valence-corrected chi connectivity index (χ3v) is 3.87. The molecule has 4 heteroatoms. The fraction of sp³-hybridized carbons (Fsp3) is 0.562. The van der Waals surface area contributed by atoms with Gasteiger partial charge in [0.15, 0.2) is 0 Å². The van der Waals surface area contributed by atoms with Crippen molar-refractivity contribution in [2.45, 2.75) is 39.2 Å². The summed E-state index contributed by atoms with van der Waals surface area (Å²) in [5.41, 5.74) is 6.72. The van der Waals surface area contributed by atoms with E-state index >= 15 is 0 Å². The van der Waals surface area contributed by atoms with Crippen LogP contribution >= 0.6 is 0 Å². The highest BCUT2D eigenvalue weighted by molar-refractivity contribution is 5.85. The van der Waals surface area contributed by atoms with Crippen molar-refractivity contribution in [3.05, 3.63) is 29.8 Å². The van der Waals surface area contributed by atoms with Gasteiger partial charge in [0.2, 0.25) is 5.91 Å². The molecule has 3 N–H and O–H groups in total. The Kier molecular flexibility index (Phi) is 4.33. The van der Waals surface area contributed by atoms with E-state index in [-0.39, 0.29) is 23.3 Å². The molecule has 1 aliphatic heterocycles. The van der Waals surface area contributed by atoms with Crippen LogP contribution in [0.4, 0.5) is 0 Å². The van der Waals surface area contributed by atoms with E-state index in [0.29, 0.717) is 19.6 Å². The first-order valence-corrected chi connectivity index (χ1v) is 7.15. The summed E-state index contributed by atoms with van der Waals surface area (Å²) in [6.07, 6.45) is 0.713. The number of ether oxygens (including phenoxy) is 1. The first-order chi connectivity index (χ1) is 9.43. The maximum atomic E-state index is 12.6. The number of benzene rings is 1. The highest BCUT2D eigenvalue weighted by Gasteiger charge is 2.31. The molecule has 4 nitrogen and oxygen atoms in total. The third kappa shape index (κ3) is 3.12. The van der Waals surface area contributed by atoms with Gasteiger partial charge in [-0.25, -0.2) is 0 Å². The molecule has 1 aromatic carbocycles. The van der Waals surface area contributed by atoms with Crippen LogP contribution in [-0.4, -0.2) is 25.1 Å². The fourth-order valence-corrected chi connectivity index (χ4v) is 2.52. The molecule has 1 aromatic rings. The van der Waals surface area contributed by atoms with Crippen LogP contribution in [0.15, 0.2) is 24.3 Å². The Balaban J connectivity index is 2.15. The van der Waals surface area contributed by atoms with Crippen molar-refractivity contribution < 1.29 is 9.53 Å². The van der Waals surface area contributed by atoms with Crippen LogP contribution in [-0.2, 0) is 4.79 Å². The van der Waals surface area contributed by atoms with Crippen molar-refractivity contribution in [1.82, 2.24) is 5.32 Å². The number of carbonyl (C=O) groups is 1. The molecule has 0 saturated heterocycles. The van der Waals surface area contributed by atoms with Gasteiger partial charge in [0.05, 0.1) is 12.5 Å². The number of para-hydroxylation sites is 1. The second kappa shape index (κ2) is 5.83. The number of rotatable bonds is 3. The molecule has 20 heavy (non-hydrogen) atoms. The van der Waals surface area contributed by atoms with Gasteiger partial charge in [0.1, 0.15) is 5.75 Å². The molecule has 0 spiro atoms. The van der Waals surface area contributed by atoms with Crippen molar-refractivity contribution >= 4 is 5.91 Å². The summed E-state index contributed by atoms with van der Waals surface area (Å²) < 4.78 is 5.60. The van der Waals surface area contributed by atoms with Gasteiger partial charge in [0, 0.05) is 18.2 Å². The van der Waals surface area contributed by atoms with Crippen LogP contribution in [0, 0.1) is 5.41 Å².